The minimum Gasteiger partial charge on any atom is -0.486 e. The number of aromatic nitrogens is 2. The van der Waals surface area contributed by atoms with Crippen LogP contribution >= 0.6 is 22.9 Å². The Bertz CT molecular complexity index is 484. The molecule has 1 heterocycles. The highest BCUT2D eigenvalue weighted by Crippen LogP contribution is 2.19. The molecule has 0 aliphatic heterocycles. The summed E-state index contributed by atoms with van der Waals surface area (Å²) in [4.78, 5) is 0. The second-order valence-electron chi connectivity index (χ2n) is 3.57. The molecule has 0 amide bonds. The number of hydrogen-bond acceptors (Lipinski definition) is 5. The monoisotopic (exact) mass is 269 g/mol. The van der Waals surface area contributed by atoms with Crippen molar-refractivity contribution in [3.8, 4) is 5.75 Å². The number of halogens is 1. The van der Waals surface area contributed by atoms with Crippen molar-refractivity contribution in [3.63, 3.8) is 0 Å². The van der Waals surface area contributed by atoms with Crippen molar-refractivity contribution >= 4 is 22.9 Å². The van der Waals surface area contributed by atoms with Gasteiger partial charge >= 0.3 is 0 Å². The van der Waals surface area contributed by atoms with Gasteiger partial charge in [-0.05, 0) is 31.2 Å². The first-order chi connectivity index (χ1) is 8.15. The van der Waals surface area contributed by atoms with Crippen molar-refractivity contribution < 1.29 is 4.74 Å². The quantitative estimate of drug-likeness (QED) is 0.927. The number of nitrogens with two attached hydrogens (primary N) is 1. The SMILES string of the molecule is CC(N)c1nnc(COc2ccc(Cl)cc2)s1. The van der Waals surface area contributed by atoms with Gasteiger partial charge in [0.1, 0.15) is 17.4 Å². The van der Waals surface area contributed by atoms with Crippen molar-refractivity contribution in [3.05, 3.63) is 39.3 Å². The van der Waals surface area contributed by atoms with Gasteiger partial charge in [-0.1, -0.05) is 22.9 Å². The lowest BCUT2D eigenvalue weighted by molar-refractivity contribution is 0.304. The molecule has 2 N–H and O–H groups in total. The molecular formula is C11H12ClN3OS. The minimum atomic E-state index is -0.0863. The standard InChI is InChI=1S/C11H12ClN3OS/c1-7(13)11-15-14-10(17-11)6-16-9-4-2-8(12)3-5-9/h2-5,7H,6,13H2,1H3. The van der Waals surface area contributed by atoms with E-state index in [0.29, 0.717) is 11.6 Å². The Labute approximate surface area is 108 Å². The van der Waals surface area contributed by atoms with Gasteiger partial charge in [-0.2, -0.15) is 0 Å². The maximum atomic E-state index is 5.78. The van der Waals surface area contributed by atoms with Crippen molar-refractivity contribution in [2.75, 3.05) is 0 Å². The summed E-state index contributed by atoms with van der Waals surface area (Å²) in [5.41, 5.74) is 5.70. The molecule has 90 valence electrons. The van der Waals surface area contributed by atoms with Crippen LogP contribution in [0.1, 0.15) is 23.0 Å². The lowest BCUT2D eigenvalue weighted by atomic mass is 10.3. The third-order valence-corrected chi connectivity index (χ3v) is 3.40. The third kappa shape index (κ3) is 3.39. The lowest BCUT2D eigenvalue weighted by Crippen LogP contribution is -2.03. The highest BCUT2D eigenvalue weighted by molar-refractivity contribution is 7.11. The minimum absolute atomic E-state index is 0.0863. The first-order valence-electron chi connectivity index (χ1n) is 5.11. The molecule has 2 rings (SSSR count). The second kappa shape index (κ2) is 5.44. The van der Waals surface area contributed by atoms with Crippen molar-refractivity contribution in [2.45, 2.75) is 19.6 Å². The molecule has 1 aromatic carbocycles. The smallest absolute Gasteiger partial charge is 0.155 e. The summed E-state index contributed by atoms with van der Waals surface area (Å²) in [6.45, 7) is 2.27. The lowest BCUT2D eigenvalue weighted by Gasteiger charge is -2.02. The molecule has 4 nitrogen and oxygen atoms in total. The number of rotatable bonds is 4. The van der Waals surface area contributed by atoms with E-state index in [1.54, 1.807) is 12.1 Å². The van der Waals surface area contributed by atoms with Gasteiger partial charge in [0.25, 0.3) is 0 Å². The topological polar surface area (TPSA) is 61.0 Å². The molecule has 1 atom stereocenters. The molecule has 0 fully saturated rings. The predicted octanol–water partition coefficient (Wildman–Crippen LogP) is 2.79. The van der Waals surface area contributed by atoms with Gasteiger partial charge in [-0.15, -0.1) is 10.2 Å². The Hall–Kier alpha value is -1.17. The summed E-state index contributed by atoms with van der Waals surface area (Å²) in [5, 5.41) is 10.3. The molecule has 0 aliphatic rings. The summed E-state index contributed by atoms with van der Waals surface area (Å²) < 4.78 is 5.55. The Morgan fingerprint density at radius 2 is 2.06 bits per heavy atom. The van der Waals surface area contributed by atoms with E-state index in [0.717, 1.165) is 15.8 Å². The van der Waals surface area contributed by atoms with Gasteiger partial charge in [-0.25, -0.2) is 0 Å². The van der Waals surface area contributed by atoms with Crippen LogP contribution in [-0.4, -0.2) is 10.2 Å². The van der Waals surface area contributed by atoms with Crippen molar-refractivity contribution in [1.29, 1.82) is 0 Å². The maximum absolute atomic E-state index is 5.78. The van der Waals surface area contributed by atoms with Crippen LogP contribution in [0.3, 0.4) is 0 Å². The molecule has 0 bridgehead atoms. The second-order valence-corrected chi connectivity index (χ2v) is 5.10. The molecule has 1 unspecified atom stereocenters. The van der Waals surface area contributed by atoms with Crippen LogP contribution in [-0.2, 0) is 6.61 Å². The zero-order chi connectivity index (χ0) is 12.3. The Morgan fingerprint density at radius 1 is 1.35 bits per heavy atom. The number of benzene rings is 1. The van der Waals surface area contributed by atoms with Crippen molar-refractivity contribution in [1.82, 2.24) is 10.2 Å². The van der Waals surface area contributed by atoms with E-state index in [1.165, 1.54) is 11.3 Å². The van der Waals surface area contributed by atoms with Gasteiger partial charge in [0.05, 0.1) is 6.04 Å². The fraction of sp³-hybridized carbons (Fsp3) is 0.273. The van der Waals surface area contributed by atoms with Crippen LogP contribution in [0.5, 0.6) is 5.75 Å². The fourth-order valence-corrected chi connectivity index (χ4v) is 2.02. The largest absolute Gasteiger partial charge is 0.486 e. The number of ether oxygens (including phenoxy) is 1. The average molecular weight is 270 g/mol. The van der Waals surface area contributed by atoms with Crippen molar-refractivity contribution in [2.24, 2.45) is 5.73 Å². The van der Waals surface area contributed by atoms with E-state index >= 15 is 0 Å². The van der Waals surface area contributed by atoms with Crippen LogP contribution in [0, 0.1) is 0 Å². The Morgan fingerprint density at radius 3 is 2.65 bits per heavy atom. The van der Waals surface area contributed by atoms with Crippen LogP contribution in [0.4, 0.5) is 0 Å². The molecule has 1 aromatic heterocycles. The van der Waals surface area contributed by atoms with E-state index in [1.807, 2.05) is 19.1 Å². The first-order valence-corrected chi connectivity index (χ1v) is 6.31. The summed E-state index contributed by atoms with van der Waals surface area (Å²) in [6.07, 6.45) is 0. The maximum Gasteiger partial charge on any atom is 0.155 e. The van der Waals surface area contributed by atoms with Gasteiger partial charge < -0.3 is 10.5 Å². The summed E-state index contributed by atoms with van der Waals surface area (Å²) in [7, 11) is 0. The van der Waals surface area contributed by atoms with Crippen LogP contribution < -0.4 is 10.5 Å². The molecule has 2 aromatic rings. The molecule has 0 aliphatic carbocycles. The molecular weight excluding hydrogens is 258 g/mol. The highest BCUT2D eigenvalue weighted by Gasteiger charge is 2.08. The summed E-state index contributed by atoms with van der Waals surface area (Å²) >= 11 is 7.24. The van der Waals surface area contributed by atoms with E-state index in [-0.39, 0.29) is 6.04 Å². The Kier molecular flexibility index (Phi) is 3.93. The molecule has 6 heteroatoms. The molecule has 17 heavy (non-hydrogen) atoms. The highest BCUT2D eigenvalue weighted by atomic mass is 35.5. The van der Waals surface area contributed by atoms with Crippen LogP contribution in [0.25, 0.3) is 0 Å². The number of nitrogens with zero attached hydrogens (tertiary/aromatic N) is 2. The zero-order valence-corrected chi connectivity index (χ0v) is 10.8. The molecule has 0 spiro atoms. The van der Waals surface area contributed by atoms with Crippen LogP contribution in [0.15, 0.2) is 24.3 Å². The van der Waals surface area contributed by atoms with Gasteiger partial charge in [-0.3, -0.25) is 0 Å². The summed E-state index contributed by atoms with van der Waals surface area (Å²) in [5.74, 6) is 0.756. The van der Waals surface area contributed by atoms with Gasteiger partial charge in [0.15, 0.2) is 5.01 Å². The van der Waals surface area contributed by atoms with E-state index in [4.69, 9.17) is 22.1 Å². The van der Waals surface area contributed by atoms with E-state index in [2.05, 4.69) is 10.2 Å². The third-order valence-electron chi connectivity index (χ3n) is 2.05. The molecule has 0 radical (unpaired) electrons. The van der Waals surface area contributed by atoms with Crippen LogP contribution in [0.2, 0.25) is 5.02 Å². The first kappa shape index (κ1) is 12.3. The van der Waals surface area contributed by atoms with Gasteiger partial charge in [0, 0.05) is 5.02 Å². The molecule has 0 saturated heterocycles. The zero-order valence-electron chi connectivity index (χ0n) is 9.26. The van der Waals surface area contributed by atoms with Gasteiger partial charge in [0.2, 0.25) is 0 Å². The molecule has 0 saturated carbocycles. The fourth-order valence-electron chi connectivity index (χ4n) is 1.18. The predicted molar refractivity (Wildman–Crippen MR) is 68.3 cm³/mol. The summed E-state index contributed by atoms with van der Waals surface area (Å²) in [6, 6.07) is 7.11. The average Bonchev–Trinajstić information content (AvgIpc) is 2.77. The van der Waals surface area contributed by atoms with E-state index in [9.17, 15) is 0 Å². The number of hydrogen-bond donors (Lipinski definition) is 1. The normalized spacial score (nSPS) is 12.4. The Balaban J connectivity index is 1.95. The van der Waals surface area contributed by atoms with E-state index < -0.39 is 0 Å².